The summed E-state index contributed by atoms with van der Waals surface area (Å²) >= 11 is 0. The number of carboxylic acids is 1. The van der Waals surface area contributed by atoms with Crippen molar-refractivity contribution in [3.05, 3.63) is 12.2 Å². The maximum Gasteiger partial charge on any atom is 0.310 e. The molecule has 0 saturated heterocycles. The molecule has 0 fully saturated rings. The van der Waals surface area contributed by atoms with E-state index in [0.29, 0.717) is 0 Å². The molecule has 0 heterocycles. The summed E-state index contributed by atoms with van der Waals surface area (Å²) in [5.74, 6) is -0.895. The molecular formula is C6H8O2Re. The van der Waals surface area contributed by atoms with Crippen LogP contribution < -0.4 is 0 Å². The third-order valence-corrected chi connectivity index (χ3v) is 1.33. The summed E-state index contributed by atoms with van der Waals surface area (Å²) in [5, 5.41) is 8.36. The quantitative estimate of drug-likeness (QED) is 0.734. The SMILES string of the molecule is O=C(O)C1C=CCC1.[Re]. The molecule has 2 nitrogen and oxygen atoms in total. The predicted molar refractivity (Wildman–Crippen MR) is 29.5 cm³/mol. The Morgan fingerprint density at radius 3 is 2.56 bits per heavy atom. The number of carboxylic acid groups (broad SMARTS) is 1. The molecule has 0 aromatic carbocycles. The average molecular weight is 298 g/mol. The second-order valence-electron chi connectivity index (χ2n) is 1.95. The number of rotatable bonds is 1. The van der Waals surface area contributed by atoms with Crippen LogP contribution in [0.2, 0.25) is 0 Å². The number of allylic oxidation sites excluding steroid dienone is 1. The number of hydrogen-bond acceptors (Lipinski definition) is 1. The fraction of sp³-hybridized carbons (Fsp3) is 0.500. The Balaban J connectivity index is 0.000000640. The Kier molecular flexibility index (Phi) is 3.76. The first kappa shape index (κ1) is 8.87. The maximum absolute atomic E-state index is 10.2. The van der Waals surface area contributed by atoms with Gasteiger partial charge in [0.15, 0.2) is 0 Å². The van der Waals surface area contributed by atoms with Crippen LogP contribution in [0, 0.1) is 5.92 Å². The molecule has 51 valence electrons. The molecule has 3 heteroatoms. The van der Waals surface area contributed by atoms with Crippen LogP contribution in [0.5, 0.6) is 0 Å². The van der Waals surface area contributed by atoms with Crippen LogP contribution in [0.4, 0.5) is 0 Å². The van der Waals surface area contributed by atoms with E-state index in [2.05, 4.69) is 0 Å². The topological polar surface area (TPSA) is 37.3 Å². The van der Waals surface area contributed by atoms with Gasteiger partial charge in [0.05, 0.1) is 5.92 Å². The zero-order valence-corrected chi connectivity index (χ0v) is 7.60. The fourth-order valence-corrected chi connectivity index (χ4v) is 0.838. The third kappa shape index (κ3) is 2.30. The van der Waals surface area contributed by atoms with Crippen LogP contribution in [-0.4, -0.2) is 11.1 Å². The summed E-state index contributed by atoms with van der Waals surface area (Å²) in [6, 6.07) is 0. The Bertz CT molecular complexity index is 131. The van der Waals surface area contributed by atoms with Crippen LogP contribution in [0.25, 0.3) is 0 Å². The van der Waals surface area contributed by atoms with Crippen molar-refractivity contribution in [3.8, 4) is 0 Å². The van der Waals surface area contributed by atoms with Gasteiger partial charge < -0.3 is 5.11 Å². The van der Waals surface area contributed by atoms with E-state index >= 15 is 0 Å². The largest absolute Gasteiger partial charge is 0.481 e. The molecule has 0 bridgehead atoms. The van der Waals surface area contributed by atoms with Gasteiger partial charge in [-0.2, -0.15) is 0 Å². The van der Waals surface area contributed by atoms with Crippen molar-refractivity contribution in [2.24, 2.45) is 5.92 Å². The number of aliphatic carboxylic acids is 1. The molecule has 1 atom stereocenters. The minimum atomic E-state index is -0.696. The predicted octanol–water partition coefficient (Wildman–Crippen LogP) is 1.03. The summed E-state index contributed by atoms with van der Waals surface area (Å²) < 4.78 is 0. The zero-order valence-electron chi connectivity index (χ0n) is 4.88. The van der Waals surface area contributed by atoms with Crippen LogP contribution in [0.1, 0.15) is 12.8 Å². The normalized spacial score (nSPS) is 23.3. The zero-order chi connectivity index (χ0) is 5.98. The van der Waals surface area contributed by atoms with E-state index in [0.717, 1.165) is 12.8 Å². The smallest absolute Gasteiger partial charge is 0.310 e. The van der Waals surface area contributed by atoms with Gasteiger partial charge in [-0.3, -0.25) is 4.79 Å². The number of carbonyl (C=O) groups is 1. The second kappa shape index (κ2) is 3.81. The first-order chi connectivity index (χ1) is 3.80. The van der Waals surface area contributed by atoms with E-state index in [1.54, 1.807) is 6.08 Å². The van der Waals surface area contributed by atoms with E-state index in [-0.39, 0.29) is 26.3 Å². The Morgan fingerprint density at radius 2 is 2.33 bits per heavy atom. The molecule has 1 N–H and O–H groups in total. The molecule has 0 saturated carbocycles. The molecule has 0 aromatic heterocycles. The summed E-state index contributed by atoms with van der Waals surface area (Å²) in [6.45, 7) is 0. The monoisotopic (exact) mass is 299 g/mol. The van der Waals surface area contributed by atoms with Crippen LogP contribution in [-0.2, 0) is 25.2 Å². The van der Waals surface area contributed by atoms with Crippen molar-refractivity contribution in [1.29, 1.82) is 0 Å². The summed E-state index contributed by atoms with van der Waals surface area (Å²) in [4.78, 5) is 10.2. The Morgan fingerprint density at radius 1 is 1.67 bits per heavy atom. The van der Waals surface area contributed by atoms with Gasteiger partial charge in [-0.25, -0.2) is 0 Å². The molecule has 1 aliphatic carbocycles. The van der Waals surface area contributed by atoms with E-state index in [9.17, 15) is 4.79 Å². The van der Waals surface area contributed by atoms with E-state index in [4.69, 9.17) is 5.11 Å². The molecular weight excluding hydrogens is 290 g/mol. The molecule has 1 rings (SSSR count). The van der Waals surface area contributed by atoms with Crippen molar-refractivity contribution < 1.29 is 30.3 Å². The van der Waals surface area contributed by atoms with E-state index < -0.39 is 5.97 Å². The molecule has 0 aromatic rings. The molecule has 1 aliphatic rings. The molecule has 0 amide bonds. The van der Waals surface area contributed by atoms with Gasteiger partial charge in [-0.1, -0.05) is 12.2 Å². The van der Waals surface area contributed by atoms with Crippen LogP contribution in [0.3, 0.4) is 0 Å². The Labute approximate surface area is 67.6 Å². The molecule has 1 radical (unpaired) electrons. The molecule has 0 spiro atoms. The number of hydrogen-bond donors (Lipinski definition) is 1. The van der Waals surface area contributed by atoms with E-state index in [1.807, 2.05) is 6.08 Å². The molecule has 1 unspecified atom stereocenters. The maximum atomic E-state index is 10.2. The van der Waals surface area contributed by atoms with Gasteiger partial charge in [0, 0.05) is 20.4 Å². The van der Waals surface area contributed by atoms with Crippen LogP contribution in [0.15, 0.2) is 12.2 Å². The average Bonchev–Trinajstić information content (AvgIpc) is 2.12. The summed E-state index contributed by atoms with van der Waals surface area (Å²) in [5.41, 5.74) is 0. The van der Waals surface area contributed by atoms with Gasteiger partial charge in [-0.15, -0.1) is 0 Å². The van der Waals surface area contributed by atoms with Gasteiger partial charge in [0.1, 0.15) is 0 Å². The van der Waals surface area contributed by atoms with Gasteiger partial charge in [0.2, 0.25) is 0 Å². The van der Waals surface area contributed by atoms with E-state index in [1.165, 1.54) is 0 Å². The first-order valence-electron chi connectivity index (χ1n) is 2.70. The van der Waals surface area contributed by atoms with Crippen molar-refractivity contribution >= 4 is 5.97 Å². The van der Waals surface area contributed by atoms with Crippen molar-refractivity contribution in [1.82, 2.24) is 0 Å². The van der Waals surface area contributed by atoms with Crippen molar-refractivity contribution in [3.63, 3.8) is 0 Å². The van der Waals surface area contributed by atoms with Gasteiger partial charge in [-0.05, 0) is 12.8 Å². The van der Waals surface area contributed by atoms with Crippen molar-refractivity contribution in [2.75, 3.05) is 0 Å². The molecule has 9 heavy (non-hydrogen) atoms. The summed E-state index contributed by atoms with van der Waals surface area (Å²) in [7, 11) is 0. The second-order valence-corrected chi connectivity index (χ2v) is 1.95. The standard InChI is InChI=1S/C6H8O2.Re/c7-6(8)5-3-1-2-4-5;/h1,3,5H,2,4H2,(H,7,8);. The third-order valence-electron chi connectivity index (χ3n) is 1.33. The summed E-state index contributed by atoms with van der Waals surface area (Å²) in [6.07, 6.45) is 5.38. The fourth-order valence-electron chi connectivity index (χ4n) is 0.838. The first-order valence-corrected chi connectivity index (χ1v) is 2.70. The van der Waals surface area contributed by atoms with Gasteiger partial charge >= 0.3 is 5.97 Å². The Hall–Kier alpha value is -0.128. The minimum Gasteiger partial charge on any atom is -0.481 e. The van der Waals surface area contributed by atoms with Crippen LogP contribution >= 0.6 is 0 Å². The molecule has 0 aliphatic heterocycles. The minimum absolute atomic E-state index is 0. The van der Waals surface area contributed by atoms with Gasteiger partial charge in [0.25, 0.3) is 0 Å². The van der Waals surface area contributed by atoms with Crippen molar-refractivity contribution in [2.45, 2.75) is 12.8 Å².